The zero-order chi connectivity index (χ0) is 15.9. The van der Waals surface area contributed by atoms with E-state index in [2.05, 4.69) is 33.8 Å². The van der Waals surface area contributed by atoms with Gasteiger partial charge in [-0.05, 0) is 53.2 Å². The molecule has 6 heteroatoms. The highest BCUT2D eigenvalue weighted by Crippen LogP contribution is 2.21. The second-order valence-electron chi connectivity index (χ2n) is 5.14. The van der Waals surface area contributed by atoms with Crippen LogP contribution in [0.25, 0.3) is 5.69 Å². The van der Waals surface area contributed by atoms with E-state index in [1.165, 1.54) is 0 Å². The highest BCUT2D eigenvalue weighted by molar-refractivity contribution is 5.34. The summed E-state index contributed by atoms with van der Waals surface area (Å²) in [4.78, 5) is 0. The Balaban J connectivity index is 1.75. The van der Waals surface area contributed by atoms with Crippen LogP contribution < -0.4 is 10.1 Å². The number of benzene rings is 2. The Bertz CT molecular complexity index is 742. The SMILES string of the molecule is CCCNCc1cccc(Oc2nnnn2-c2ccccc2)c1. The lowest BCUT2D eigenvalue weighted by Gasteiger charge is -2.08. The van der Waals surface area contributed by atoms with Gasteiger partial charge in [0.05, 0.1) is 5.69 Å². The Morgan fingerprint density at radius 1 is 1.09 bits per heavy atom. The first kappa shape index (κ1) is 15.2. The molecule has 3 rings (SSSR count). The predicted molar refractivity (Wildman–Crippen MR) is 87.7 cm³/mol. The van der Waals surface area contributed by atoms with Gasteiger partial charge in [-0.15, -0.1) is 0 Å². The summed E-state index contributed by atoms with van der Waals surface area (Å²) in [5.74, 6) is 0.716. The smallest absolute Gasteiger partial charge is 0.345 e. The Morgan fingerprint density at radius 3 is 2.78 bits per heavy atom. The molecule has 118 valence electrons. The van der Waals surface area contributed by atoms with Crippen molar-refractivity contribution in [2.45, 2.75) is 19.9 Å². The molecule has 1 aromatic heterocycles. The fourth-order valence-electron chi connectivity index (χ4n) is 2.21. The summed E-state index contributed by atoms with van der Waals surface area (Å²) in [5, 5.41) is 15.0. The minimum Gasteiger partial charge on any atom is -0.423 e. The number of hydrogen-bond acceptors (Lipinski definition) is 5. The van der Waals surface area contributed by atoms with Gasteiger partial charge in [-0.25, -0.2) is 0 Å². The van der Waals surface area contributed by atoms with Crippen LogP contribution in [0.2, 0.25) is 0 Å². The molecule has 6 nitrogen and oxygen atoms in total. The van der Waals surface area contributed by atoms with Crippen LogP contribution >= 0.6 is 0 Å². The van der Waals surface area contributed by atoms with Crippen molar-refractivity contribution in [2.75, 3.05) is 6.54 Å². The number of rotatable bonds is 7. The van der Waals surface area contributed by atoms with Crippen LogP contribution in [-0.4, -0.2) is 26.8 Å². The van der Waals surface area contributed by atoms with Crippen LogP contribution in [-0.2, 0) is 6.54 Å². The molecular weight excluding hydrogens is 290 g/mol. The zero-order valence-electron chi connectivity index (χ0n) is 13.0. The van der Waals surface area contributed by atoms with Gasteiger partial charge in [0.2, 0.25) is 0 Å². The summed E-state index contributed by atoms with van der Waals surface area (Å²) < 4.78 is 7.42. The number of para-hydroxylation sites is 1. The van der Waals surface area contributed by atoms with E-state index in [-0.39, 0.29) is 0 Å². The van der Waals surface area contributed by atoms with E-state index in [1.807, 2.05) is 48.5 Å². The number of aromatic nitrogens is 4. The highest BCUT2D eigenvalue weighted by Gasteiger charge is 2.10. The summed E-state index contributed by atoms with van der Waals surface area (Å²) in [5.41, 5.74) is 2.02. The number of nitrogens with zero attached hydrogens (tertiary/aromatic N) is 4. The second-order valence-corrected chi connectivity index (χ2v) is 5.14. The molecular formula is C17H19N5O. The van der Waals surface area contributed by atoms with E-state index < -0.39 is 0 Å². The van der Waals surface area contributed by atoms with Crippen molar-refractivity contribution in [3.05, 3.63) is 60.2 Å². The molecule has 0 spiro atoms. The molecule has 0 aliphatic heterocycles. The van der Waals surface area contributed by atoms with Crippen LogP contribution in [0.5, 0.6) is 11.8 Å². The maximum Gasteiger partial charge on any atom is 0.345 e. The quantitative estimate of drug-likeness (QED) is 0.680. The molecule has 0 amide bonds. The highest BCUT2D eigenvalue weighted by atomic mass is 16.5. The molecule has 0 aliphatic rings. The van der Waals surface area contributed by atoms with Crippen molar-refractivity contribution in [3.8, 4) is 17.4 Å². The van der Waals surface area contributed by atoms with Gasteiger partial charge in [-0.3, -0.25) is 0 Å². The fourth-order valence-corrected chi connectivity index (χ4v) is 2.21. The van der Waals surface area contributed by atoms with E-state index in [0.29, 0.717) is 11.8 Å². The molecule has 0 bridgehead atoms. The maximum atomic E-state index is 5.85. The summed E-state index contributed by atoms with van der Waals surface area (Å²) in [6, 6.07) is 17.9. The topological polar surface area (TPSA) is 64.9 Å². The molecule has 23 heavy (non-hydrogen) atoms. The molecule has 0 atom stereocenters. The molecule has 0 saturated carbocycles. The van der Waals surface area contributed by atoms with Crippen LogP contribution in [0.4, 0.5) is 0 Å². The summed E-state index contributed by atoms with van der Waals surface area (Å²) in [7, 11) is 0. The van der Waals surface area contributed by atoms with Gasteiger partial charge < -0.3 is 10.1 Å². The van der Waals surface area contributed by atoms with Gasteiger partial charge in [0.1, 0.15) is 5.75 Å². The second kappa shape index (κ2) is 7.51. The van der Waals surface area contributed by atoms with E-state index in [4.69, 9.17) is 4.74 Å². The molecule has 1 heterocycles. The standard InChI is InChI=1S/C17H19N5O/c1-2-11-18-13-14-7-6-10-16(12-14)23-17-19-20-21-22(17)15-8-4-3-5-9-15/h3-10,12,18H,2,11,13H2,1H3. The van der Waals surface area contributed by atoms with E-state index in [1.54, 1.807) is 4.68 Å². The summed E-state index contributed by atoms with van der Waals surface area (Å²) in [6.07, 6.45) is 1.11. The van der Waals surface area contributed by atoms with Gasteiger partial charge in [-0.2, -0.15) is 4.68 Å². The maximum absolute atomic E-state index is 5.85. The third-order valence-corrected chi connectivity index (χ3v) is 3.31. The summed E-state index contributed by atoms with van der Waals surface area (Å²) >= 11 is 0. The van der Waals surface area contributed by atoms with Crippen molar-refractivity contribution >= 4 is 0 Å². The Labute approximate surface area is 135 Å². The average molecular weight is 309 g/mol. The zero-order valence-corrected chi connectivity index (χ0v) is 13.0. The van der Waals surface area contributed by atoms with E-state index >= 15 is 0 Å². The van der Waals surface area contributed by atoms with Gasteiger partial charge >= 0.3 is 6.01 Å². The minimum atomic E-state index is 0.342. The minimum absolute atomic E-state index is 0.342. The van der Waals surface area contributed by atoms with Crippen LogP contribution in [0.3, 0.4) is 0 Å². The van der Waals surface area contributed by atoms with Crippen LogP contribution in [0.1, 0.15) is 18.9 Å². The molecule has 0 fully saturated rings. The van der Waals surface area contributed by atoms with Crippen LogP contribution in [0, 0.1) is 0 Å². The normalized spacial score (nSPS) is 10.7. The third-order valence-electron chi connectivity index (χ3n) is 3.31. The van der Waals surface area contributed by atoms with Gasteiger partial charge in [0.15, 0.2) is 0 Å². The first-order valence-corrected chi connectivity index (χ1v) is 7.68. The molecule has 3 aromatic rings. The van der Waals surface area contributed by atoms with E-state index in [0.717, 1.165) is 30.8 Å². The number of ether oxygens (including phenoxy) is 1. The van der Waals surface area contributed by atoms with Gasteiger partial charge in [0.25, 0.3) is 0 Å². The lowest BCUT2D eigenvalue weighted by molar-refractivity contribution is 0.426. The lowest BCUT2D eigenvalue weighted by atomic mass is 10.2. The first-order chi connectivity index (χ1) is 11.4. The predicted octanol–water partition coefficient (Wildman–Crippen LogP) is 2.95. The van der Waals surface area contributed by atoms with Crippen LogP contribution in [0.15, 0.2) is 54.6 Å². The first-order valence-electron chi connectivity index (χ1n) is 7.68. The van der Waals surface area contributed by atoms with Gasteiger partial charge in [-0.1, -0.05) is 42.4 Å². The monoisotopic (exact) mass is 309 g/mol. The Kier molecular flexibility index (Phi) is 4.95. The van der Waals surface area contributed by atoms with Crippen molar-refractivity contribution in [1.29, 1.82) is 0 Å². The number of hydrogen-bond donors (Lipinski definition) is 1. The van der Waals surface area contributed by atoms with Gasteiger partial charge in [0, 0.05) is 6.54 Å². The molecule has 0 radical (unpaired) electrons. The van der Waals surface area contributed by atoms with Crippen molar-refractivity contribution in [3.63, 3.8) is 0 Å². The largest absolute Gasteiger partial charge is 0.423 e. The molecule has 0 saturated heterocycles. The van der Waals surface area contributed by atoms with Crippen molar-refractivity contribution < 1.29 is 4.74 Å². The Morgan fingerprint density at radius 2 is 1.96 bits per heavy atom. The molecule has 1 N–H and O–H groups in total. The average Bonchev–Trinajstić information content (AvgIpc) is 3.04. The third kappa shape index (κ3) is 3.92. The fraction of sp³-hybridized carbons (Fsp3) is 0.235. The lowest BCUT2D eigenvalue weighted by Crippen LogP contribution is -2.13. The molecule has 0 aliphatic carbocycles. The Hall–Kier alpha value is -2.73. The van der Waals surface area contributed by atoms with Crippen molar-refractivity contribution in [2.24, 2.45) is 0 Å². The summed E-state index contributed by atoms with van der Waals surface area (Å²) in [6.45, 7) is 3.96. The molecule has 0 unspecified atom stereocenters. The molecule has 2 aromatic carbocycles. The number of tetrazole rings is 1. The number of nitrogens with one attached hydrogen (secondary N) is 1. The van der Waals surface area contributed by atoms with Crippen molar-refractivity contribution in [1.82, 2.24) is 25.5 Å². The van der Waals surface area contributed by atoms with E-state index in [9.17, 15) is 0 Å².